The minimum Gasteiger partial charge on any atom is -0.378 e. The van der Waals surface area contributed by atoms with Crippen molar-refractivity contribution in [2.45, 2.75) is 96.1 Å². The molecule has 1 rings (SSSR count). The van der Waals surface area contributed by atoms with Gasteiger partial charge in [-0.2, -0.15) is 0 Å². The molecule has 0 spiro atoms. The molecule has 0 heterocycles. The summed E-state index contributed by atoms with van der Waals surface area (Å²) in [6, 6.07) is 0.167. The Morgan fingerprint density at radius 2 is 1.74 bits per heavy atom. The van der Waals surface area contributed by atoms with Crippen molar-refractivity contribution in [3.05, 3.63) is 0 Å². The SMILES string of the molecule is CCCCCCCC(O)(CNC(C)=O)C(=O)NC1CCCCC1. The molecule has 0 bridgehead atoms. The Morgan fingerprint density at radius 1 is 1.09 bits per heavy atom. The maximum Gasteiger partial charge on any atom is 0.254 e. The third-order valence-corrected chi connectivity index (χ3v) is 4.69. The van der Waals surface area contributed by atoms with Crippen LogP contribution in [0.1, 0.15) is 84.5 Å². The molecule has 2 amide bonds. The quantitative estimate of drug-likeness (QED) is 0.540. The molecule has 1 aliphatic rings. The van der Waals surface area contributed by atoms with Crippen molar-refractivity contribution >= 4 is 11.8 Å². The van der Waals surface area contributed by atoms with Crippen molar-refractivity contribution in [1.29, 1.82) is 0 Å². The van der Waals surface area contributed by atoms with Crippen LogP contribution in [0.2, 0.25) is 0 Å². The number of unbranched alkanes of at least 4 members (excludes halogenated alkanes) is 4. The first kappa shape index (κ1) is 19.9. The fourth-order valence-corrected chi connectivity index (χ4v) is 3.14. The summed E-state index contributed by atoms with van der Waals surface area (Å²) >= 11 is 0. The van der Waals surface area contributed by atoms with Gasteiger partial charge in [0.1, 0.15) is 0 Å². The van der Waals surface area contributed by atoms with E-state index >= 15 is 0 Å². The molecule has 0 aliphatic heterocycles. The molecule has 0 aromatic rings. The first-order chi connectivity index (χ1) is 11.0. The van der Waals surface area contributed by atoms with Gasteiger partial charge in [-0.3, -0.25) is 9.59 Å². The zero-order valence-corrected chi connectivity index (χ0v) is 14.8. The van der Waals surface area contributed by atoms with Crippen LogP contribution in [0.5, 0.6) is 0 Å². The van der Waals surface area contributed by atoms with Crippen molar-refractivity contribution in [2.75, 3.05) is 6.54 Å². The Labute approximate surface area is 140 Å². The van der Waals surface area contributed by atoms with Crippen molar-refractivity contribution < 1.29 is 14.7 Å². The lowest BCUT2D eigenvalue weighted by Gasteiger charge is -2.31. The Morgan fingerprint density at radius 3 is 2.35 bits per heavy atom. The summed E-state index contributed by atoms with van der Waals surface area (Å²) in [5.41, 5.74) is -1.49. The molecule has 0 aromatic heterocycles. The van der Waals surface area contributed by atoms with E-state index < -0.39 is 5.60 Å². The Bertz CT molecular complexity index is 367. The van der Waals surface area contributed by atoms with Crippen molar-refractivity contribution in [1.82, 2.24) is 10.6 Å². The first-order valence-electron chi connectivity index (χ1n) is 9.25. The van der Waals surface area contributed by atoms with Gasteiger partial charge in [-0.05, 0) is 25.7 Å². The topological polar surface area (TPSA) is 78.4 Å². The van der Waals surface area contributed by atoms with Gasteiger partial charge in [0.05, 0.1) is 6.54 Å². The molecule has 1 aliphatic carbocycles. The van der Waals surface area contributed by atoms with Gasteiger partial charge in [-0.15, -0.1) is 0 Å². The van der Waals surface area contributed by atoms with Crippen LogP contribution >= 0.6 is 0 Å². The molecule has 5 heteroatoms. The minimum absolute atomic E-state index is 0.00529. The molecule has 1 fully saturated rings. The van der Waals surface area contributed by atoms with Gasteiger partial charge in [0, 0.05) is 13.0 Å². The fraction of sp³-hybridized carbons (Fsp3) is 0.889. The van der Waals surface area contributed by atoms with E-state index in [9.17, 15) is 14.7 Å². The maximum atomic E-state index is 12.6. The van der Waals surface area contributed by atoms with Gasteiger partial charge < -0.3 is 15.7 Å². The summed E-state index contributed by atoms with van der Waals surface area (Å²) in [6.45, 7) is 3.56. The van der Waals surface area contributed by atoms with E-state index in [1.807, 2.05) is 0 Å². The second kappa shape index (κ2) is 10.6. The highest BCUT2D eigenvalue weighted by atomic mass is 16.3. The summed E-state index contributed by atoms with van der Waals surface area (Å²) in [7, 11) is 0. The zero-order chi connectivity index (χ0) is 17.1. The van der Waals surface area contributed by atoms with Crippen LogP contribution in [-0.2, 0) is 9.59 Å². The number of carbonyl (C=O) groups excluding carboxylic acids is 2. The summed E-state index contributed by atoms with van der Waals surface area (Å²) in [5, 5.41) is 16.4. The van der Waals surface area contributed by atoms with Gasteiger partial charge >= 0.3 is 0 Å². The van der Waals surface area contributed by atoms with E-state index in [4.69, 9.17) is 0 Å². The van der Waals surface area contributed by atoms with Crippen LogP contribution in [0, 0.1) is 0 Å². The average Bonchev–Trinajstić information content (AvgIpc) is 2.53. The van der Waals surface area contributed by atoms with E-state index in [0.29, 0.717) is 6.42 Å². The van der Waals surface area contributed by atoms with Crippen LogP contribution in [-0.4, -0.2) is 35.1 Å². The van der Waals surface area contributed by atoms with E-state index in [1.54, 1.807) is 0 Å². The molecule has 3 N–H and O–H groups in total. The molecular weight excluding hydrogens is 292 g/mol. The largest absolute Gasteiger partial charge is 0.378 e. The highest BCUT2D eigenvalue weighted by Gasteiger charge is 2.36. The van der Waals surface area contributed by atoms with Gasteiger partial charge in [0.2, 0.25) is 5.91 Å². The minimum atomic E-state index is -1.49. The van der Waals surface area contributed by atoms with Gasteiger partial charge in [-0.1, -0.05) is 51.9 Å². The predicted molar refractivity (Wildman–Crippen MR) is 92.0 cm³/mol. The Kier molecular flexibility index (Phi) is 9.22. The normalized spacial score (nSPS) is 18.2. The van der Waals surface area contributed by atoms with Crippen molar-refractivity contribution in [3.8, 4) is 0 Å². The summed E-state index contributed by atoms with van der Waals surface area (Å²) in [4.78, 5) is 23.7. The molecule has 1 atom stereocenters. The number of nitrogens with one attached hydrogen (secondary N) is 2. The standard InChI is InChI=1S/C18H34N2O3/c1-3-4-5-6-10-13-18(23,14-19-15(2)21)17(22)20-16-11-8-7-9-12-16/h16,23H,3-14H2,1-2H3,(H,19,21)(H,20,22). The van der Waals surface area contributed by atoms with E-state index in [2.05, 4.69) is 17.6 Å². The second-order valence-electron chi connectivity index (χ2n) is 6.91. The molecule has 0 aromatic carbocycles. The van der Waals surface area contributed by atoms with Gasteiger partial charge in [-0.25, -0.2) is 0 Å². The molecule has 1 saturated carbocycles. The number of amides is 2. The maximum absolute atomic E-state index is 12.6. The average molecular weight is 326 g/mol. The van der Waals surface area contributed by atoms with Crippen molar-refractivity contribution in [2.24, 2.45) is 0 Å². The van der Waals surface area contributed by atoms with Crippen LogP contribution in [0.25, 0.3) is 0 Å². The smallest absolute Gasteiger partial charge is 0.254 e. The van der Waals surface area contributed by atoms with Crippen molar-refractivity contribution in [3.63, 3.8) is 0 Å². The van der Waals surface area contributed by atoms with Crippen LogP contribution in [0.4, 0.5) is 0 Å². The van der Waals surface area contributed by atoms with E-state index in [0.717, 1.165) is 44.9 Å². The third kappa shape index (κ3) is 7.82. The van der Waals surface area contributed by atoms with Crippen LogP contribution in [0.3, 0.4) is 0 Å². The molecule has 134 valence electrons. The van der Waals surface area contributed by atoms with Crippen LogP contribution in [0.15, 0.2) is 0 Å². The number of hydrogen-bond donors (Lipinski definition) is 3. The lowest BCUT2D eigenvalue weighted by atomic mass is 9.91. The number of hydrogen-bond acceptors (Lipinski definition) is 3. The Hall–Kier alpha value is -1.10. The molecule has 1 unspecified atom stereocenters. The van der Waals surface area contributed by atoms with E-state index in [-0.39, 0.29) is 24.4 Å². The summed E-state index contributed by atoms with van der Waals surface area (Å²) in [6.07, 6.45) is 11.1. The zero-order valence-electron chi connectivity index (χ0n) is 14.8. The highest BCUT2D eigenvalue weighted by Crippen LogP contribution is 2.20. The summed E-state index contributed by atoms with van der Waals surface area (Å²) in [5.74, 6) is -0.548. The number of rotatable bonds is 10. The third-order valence-electron chi connectivity index (χ3n) is 4.69. The van der Waals surface area contributed by atoms with Gasteiger partial charge in [0.15, 0.2) is 5.60 Å². The van der Waals surface area contributed by atoms with Gasteiger partial charge in [0.25, 0.3) is 5.91 Å². The van der Waals surface area contributed by atoms with Crippen LogP contribution < -0.4 is 10.6 Å². The molecule has 23 heavy (non-hydrogen) atoms. The predicted octanol–water partition coefficient (Wildman–Crippen LogP) is 2.66. The molecule has 5 nitrogen and oxygen atoms in total. The number of aliphatic hydroxyl groups is 1. The lowest BCUT2D eigenvalue weighted by Crippen LogP contribution is -2.56. The highest BCUT2D eigenvalue weighted by molar-refractivity contribution is 5.86. The molecule has 0 radical (unpaired) electrons. The van der Waals surface area contributed by atoms with E-state index in [1.165, 1.54) is 26.2 Å². The summed E-state index contributed by atoms with van der Waals surface area (Å²) < 4.78 is 0. The first-order valence-corrected chi connectivity index (χ1v) is 9.25. The molecule has 0 saturated heterocycles. The molecular formula is C18H34N2O3. The second-order valence-corrected chi connectivity index (χ2v) is 6.91. The monoisotopic (exact) mass is 326 g/mol. The number of carbonyl (C=O) groups is 2. The lowest BCUT2D eigenvalue weighted by molar-refractivity contribution is -0.142. The fourth-order valence-electron chi connectivity index (χ4n) is 3.14. The Balaban J connectivity index is 2.53.